The minimum absolute atomic E-state index is 0.647. The molecule has 1 atom stereocenters. The summed E-state index contributed by atoms with van der Waals surface area (Å²) in [4.78, 5) is 15.8. The molecule has 2 fully saturated rings. The second kappa shape index (κ2) is 5.33. The molecule has 2 rings (SSSR count). The number of carboxylic acids is 1. The highest BCUT2D eigenvalue weighted by Crippen LogP contribution is 2.28. The fraction of sp³-hybridized carbons (Fsp3) is 0.917. The first-order valence-electron chi connectivity index (χ1n) is 6.41. The highest BCUT2D eigenvalue weighted by atomic mass is 16.5. The average Bonchev–Trinajstić information content (AvgIpc) is 2.71. The summed E-state index contributed by atoms with van der Waals surface area (Å²) in [7, 11) is 0. The summed E-state index contributed by atoms with van der Waals surface area (Å²) in [6, 6.07) is 0. The summed E-state index contributed by atoms with van der Waals surface area (Å²) in [5.41, 5.74) is -0.647. The van der Waals surface area contributed by atoms with Gasteiger partial charge in [-0.1, -0.05) is 0 Å². The van der Waals surface area contributed by atoms with Gasteiger partial charge in [0.15, 0.2) is 0 Å². The molecule has 0 radical (unpaired) electrons. The molecule has 98 valence electrons. The lowest BCUT2D eigenvalue weighted by molar-refractivity contribution is -0.148. The van der Waals surface area contributed by atoms with Crippen LogP contribution in [0.5, 0.6) is 0 Å². The van der Waals surface area contributed by atoms with Gasteiger partial charge in [-0.15, -0.1) is 0 Å². The number of nitrogens with zero attached hydrogens (tertiary/aromatic N) is 2. The van der Waals surface area contributed by atoms with Crippen LogP contribution in [0.15, 0.2) is 0 Å². The summed E-state index contributed by atoms with van der Waals surface area (Å²) < 4.78 is 5.30. The Kier molecular flexibility index (Phi) is 4.01. The van der Waals surface area contributed by atoms with Gasteiger partial charge in [0.25, 0.3) is 0 Å². The Morgan fingerprint density at radius 1 is 1.29 bits per heavy atom. The van der Waals surface area contributed by atoms with Crippen molar-refractivity contribution in [2.24, 2.45) is 0 Å². The van der Waals surface area contributed by atoms with E-state index in [0.717, 1.165) is 58.8 Å². The zero-order chi connectivity index (χ0) is 12.3. The highest BCUT2D eigenvalue weighted by molar-refractivity contribution is 5.78. The van der Waals surface area contributed by atoms with Gasteiger partial charge in [-0.05, 0) is 26.3 Å². The van der Waals surface area contributed by atoms with Crippen LogP contribution >= 0.6 is 0 Å². The molecule has 0 bridgehead atoms. The molecule has 2 saturated heterocycles. The van der Waals surface area contributed by atoms with Crippen LogP contribution in [0.25, 0.3) is 0 Å². The third-order valence-electron chi connectivity index (χ3n) is 4.04. The standard InChI is InChI=1S/C12H22N2O3/c1-12(11(15)16)3-2-4-14(12)6-5-13-7-9-17-10-8-13/h2-10H2,1H3,(H,15,16). The van der Waals surface area contributed by atoms with Crippen LogP contribution < -0.4 is 0 Å². The molecular formula is C12H22N2O3. The lowest BCUT2D eigenvalue weighted by atomic mass is 9.99. The number of ether oxygens (including phenoxy) is 1. The van der Waals surface area contributed by atoms with E-state index in [-0.39, 0.29) is 0 Å². The highest BCUT2D eigenvalue weighted by Gasteiger charge is 2.42. The number of carboxylic acid groups (broad SMARTS) is 1. The third kappa shape index (κ3) is 2.78. The van der Waals surface area contributed by atoms with E-state index in [1.165, 1.54) is 0 Å². The number of likely N-dealkylation sites (tertiary alicyclic amines) is 1. The quantitative estimate of drug-likeness (QED) is 0.766. The minimum Gasteiger partial charge on any atom is -0.480 e. The molecule has 0 aromatic heterocycles. The van der Waals surface area contributed by atoms with Crippen LogP contribution in [-0.2, 0) is 9.53 Å². The van der Waals surface area contributed by atoms with Crippen LogP contribution in [0.1, 0.15) is 19.8 Å². The SMILES string of the molecule is CC1(C(=O)O)CCCN1CCN1CCOCC1. The zero-order valence-electron chi connectivity index (χ0n) is 10.5. The molecule has 0 amide bonds. The number of hydrogen-bond donors (Lipinski definition) is 1. The van der Waals surface area contributed by atoms with E-state index in [0.29, 0.717) is 0 Å². The number of carbonyl (C=O) groups is 1. The van der Waals surface area contributed by atoms with E-state index < -0.39 is 11.5 Å². The van der Waals surface area contributed by atoms with Gasteiger partial charge in [0.05, 0.1) is 13.2 Å². The Bertz CT molecular complexity index is 279. The third-order valence-corrected chi connectivity index (χ3v) is 4.04. The van der Waals surface area contributed by atoms with Gasteiger partial charge in [0.2, 0.25) is 0 Å². The first-order valence-corrected chi connectivity index (χ1v) is 6.41. The van der Waals surface area contributed by atoms with Crippen molar-refractivity contribution in [3.05, 3.63) is 0 Å². The molecule has 5 heteroatoms. The van der Waals surface area contributed by atoms with E-state index in [9.17, 15) is 9.90 Å². The maximum Gasteiger partial charge on any atom is 0.323 e. The van der Waals surface area contributed by atoms with Crippen molar-refractivity contribution in [2.45, 2.75) is 25.3 Å². The molecule has 0 aliphatic carbocycles. The van der Waals surface area contributed by atoms with E-state index in [4.69, 9.17) is 4.74 Å². The Balaban J connectivity index is 1.83. The van der Waals surface area contributed by atoms with Gasteiger partial charge < -0.3 is 9.84 Å². The first kappa shape index (κ1) is 12.8. The first-order chi connectivity index (χ1) is 8.13. The number of rotatable bonds is 4. The van der Waals surface area contributed by atoms with Crippen LogP contribution in [0.3, 0.4) is 0 Å². The molecule has 0 saturated carbocycles. The van der Waals surface area contributed by atoms with Gasteiger partial charge >= 0.3 is 5.97 Å². The van der Waals surface area contributed by atoms with Gasteiger partial charge in [-0.2, -0.15) is 0 Å². The van der Waals surface area contributed by atoms with Crippen molar-refractivity contribution >= 4 is 5.97 Å². The van der Waals surface area contributed by atoms with E-state index >= 15 is 0 Å². The Morgan fingerprint density at radius 3 is 2.65 bits per heavy atom. The summed E-state index contributed by atoms with van der Waals surface area (Å²) in [5, 5.41) is 9.30. The molecule has 1 N–H and O–H groups in total. The molecular weight excluding hydrogens is 220 g/mol. The molecule has 17 heavy (non-hydrogen) atoms. The summed E-state index contributed by atoms with van der Waals surface area (Å²) in [6.07, 6.45) is 1.76. The minimum atomic E-state index is -0.683. The van der Waals surface area contributed by atoms with E-state index in [2.05, 4.69) is 9.80 Å². The van der Waals surface area contributed by atoms with Gasteiger partial charge in [0.1, 0.15) is 5.54 Å². The Labute approximate surface area is 102 Å². The predicted molar refractivity (Wildman–Crippen MR) is 64.1 cm³/mol. The van der Waals surface area contributed by atoms with Crippen molar-refractivity contribution in [3.8, 4) is 0 Å². The van der Waals surface area contributed by atoms with Crippen molar-refractivity contribution in [2.75, 3.05) is 45.9 Å². The summed E-state index contributed by atoms with van der Waals surface area (Å²) >= 11 is 0. The molecule has 0 aromatic carbocycles. The lowest BCUT2D eigenvalue weighted by Crippen LogP contribution is -2.51. The topological polar surface area (TPSA) is 53.0 Å². The van der Waals surface area contributed by atoms with Crippen molar-refractivity contribution in [1.82, 2.24) is 9.80 Å². The number of morpholine rings is 1. The van der Waals surface area contributed by atoms with Crippen LogP contribution in [0, 0.1) is 0 Å². The lowest BCUT2D eigenvalue weighted by Gasteiger charge is -2.34. The molecule has 1 unspecified atom stereocenters. The average molecular weight is 242 g/mol. The van der Waals surface area contributed by atoms with Gasteiger partial charge in [-0.3, -0.25) is 14.6 Å². The van der Waals surface area contributed by atoms with Crippen molar-refractivity contribution < 1.29 is 14.6 Å². The molecule has 5 nitrogen and oxygen atoms in total. The molecule has 2 heterocycles. The fourth-order valence-electron chi connectivity index (χ4n) is 2.71. The monoisotopic (exact) mass is 242 g/mol. The largest absolute Gasteiger partial charge is 0.480 e. The van der Waals surface area contributed by atoms with Crippen LogP contribution in [0.4, 0.5) is 0 Å². The predicted octanol–water partition coefficient (Wildman–Crippen LogP) is 0.258. The second-order valence-corrected chi connectivity index (χ2v) is 5.12. The zero-order valence-corrected chi connectivity index (χ0v) is 10.5. The Morgan fingerprint density at radius 2 is 2.00 bits per heavy atom. The second-order valence-electron chi connectivity index (χ2n) is 5.12. The Hall–Kier alpha value is -0.650. The molecule has 0 aromatic rings. The molecule has 2 aliphatic rings. The van der Waals surface area contributed by atoms with E-state index in [1.807, 2.05) is 6.92 Å². The molecule has 0 spiro atoms. The maximum atomic E-state index is 11.3. The van der Waals surface area contributed by atoms with Gasteiger partial charge in [-0.25, -0.2) is 0 Å². The molecule has 2 aliphatic heterocycles. The normalized spacial score (nSPS) is 31.8. The van der Waals surface area contributed by atoms with Crippen LogP contribution in [0.2, 0.25) is 0 Å². The summed E-state index contributed by atoms with van der Waals surface area (Å²) in [6.45, 7) is 8.10. The van der Waals surface area contributed by atoms with E-state index in [1.54, 1.807) is 0 Å². The van der Waals surface area contributed by atoms with Crippen LogP contribution in [-0.4, -0.2) is 72.4 Å². The van der Waals surface area contributed by atoms with Crippen molar-refractivity contribution in [3.63, 3.8) is 0 Å². The number of hydrogen-bond acceptors (Lipinski definition) is 4. The number of aliphatic carboxylic acids is 1. The van der Waals surface area contributed by atoms with Gasteiger partial charge in [0, 0.05) is 26.2 Å². The summed E-state index contributed by atoms with van der Waals surface area (Å²) in [5.74, 6) is -0.683. The smallest absolute Gasteiger partial charge is 0.323 e. The maximum absolute atomic E-state index is 11.3. The fourth-order valence-corrected chi connectivity index (χ4v) is 2.71. The van der Waals surface area contributed by atoms with Crippen molar-refractivity contribution in [1.29, 1.82) is 0 Å².